The predicted octanol–water partition coefficient (Wildman–Crippen LogP) is 0.817. The Morgan fingerprint density at radius 3 is 2.55 bits per heavy atom. The maximum atomic E-state index is 11.9. The zero-order valence-corrected chi connectivity index (χ0v) is 12.6. The summed E-state index contributed by atoms with van der Waals surface area (Å²) in [5.41, 5.74) is 1.16. The van der Waals surface area contributed by atoms with Gasteiger partial charge in [-0.15, -0.1) is 0 Å². The van der Waals surface area contributed by atoms with Crippen LogP contribution >= 0.6 is 0 Å². The molecule has 1 N–H and O–H groups in total. The van der Waals surface area contributed by atoms with Crippen molar-refractivity contribution in [2.75, 3.05) is 58.9 Å². The van der Waals surface area contributed by atoms with E-state index in [4.69, 9.17) is 4.74 Å². The van der Waals surface area contributed by atoms with E-state index in [1.54, 1.807) is 12.0 Å². The highest BCUT2D eigenvalue weighted by Crippen LogP contribution is 2.10. The van der Waals surface area contributed by atoms with Crippen LogP contribution in [0, 0.1) is 0 Å². The smallest absolute Gasteiger partial charge is 0.236 e. The second-order valence-electron chi connectivity index (χ2n) is 4.74. The van der Waals surface area contributed by atoms with E-state index in [2.05, 4.69) is 22.3 Å². The van der Waals surface area contributed by atoms with E-state index >= 15 is 0 Å². The fourth-order valence-corrected chi connectivity index (χ4v) is 1.74. The molecule has 20 heavy (non-hydrogen) atoms. The first-order valence-electron chi connectivity index (χ1n) is 6.85. The molecule has 0 bridgehead atoms. The third-order valence-electron chi connectivity index (χ3n) is 3.15. The highest BCUT2D eigenvalue weighted by Gasteiger charge is 2.09. The van der Waals surface area contributed by atoms with Crippen molar-refractivity contribution in [2.24, 2.45) is 0 Å². The molecule has 0 aliphatic carbocycles. The molecule has 1 amide bonds. The van der Waals surface area contributed by atoms with Crippen LogP contribution < -0.4 is 10.2 Å². The maximum absolute atomic E-state index is 11.9. The van der Waals surface area contributed by atoms with Gasteiger partial charge in [-0.25, -0.2) is 0 Å². The van der Waals surface area contributed by atoms with Crippen molar-refractivity contribution in [3.63, 3.8) is 0 Å². The van der Waals surface area contributed by atoms with Crippen molar-refractivity contribution in [2.45, 2.75) is 0 Å². The number of ether oxygens (including phenoxy) is 1. The van der Waals surface area contributed by atoms with Crippen LogP contribution in [0.25, 0.3) is 0 Å². The molecule has 0 saturated carbocycles. The SMILES string of the molecule is COCCNCC(=O)N(C)CCN(C)c1ccccc1. The number of amides is 1. The molecule has 0 spiro atoms. The highest BCUT2D eigenvalue weighted by molar-refractivity contribution is 5.78. The lowest BCUT2D eigenvalue weighted by molar-refractivity contribution is -0.128. The summed E-state index contributed by atoms with van der Waals surface area (Å²) in [6.45, 7) is 3.18. The molecule has 1 aromatic carbocycles. The van der Waals surface area contributed by atoms with Crippen LogP contribution in [0.1, 0.15) is 0 Å². The number of nitrogens with one attached hydrogen (secondary N) is 1. The van der Waals surface area contributed by atoms with Crippen molar-refractivity contribution >= 4 is 11.6 Å². The summed E-state index contributed by atoms with van der Waals surface area (Å²) in [7, 11) is 5.51. The number of likely N-dealkylation sites (N-methyl/N-ethyl adjacent to an activating group) is 2. The fourth-order valence-electron chi connectivity index (χ4n) is 1.74. The van der Waals surface area contributed by atoms with Crippen molar-refractivity contribution in [3.05, 3.63) is 30.3 Å². The van der Waals surface area contributed by atoms with Gasteiger partial charge in [-0.1, -0.05) is 18.2 Å². The highest BCUT2D eigenvalue weighted by atomic mass is 16.5. The van der Waals surface area contributed by atoms with Gasteiger partial charge < -0.3 is 19.9 Å². The molecule has 112 valence electrons. The standard InChI is InChI=1S/C15H25N3O2/c1-17(14-7-5-4-6-8-14)10-11-18(2)15(19)13-16-9-12-20-3/h4-8,16H,9-13H2,1-3H3. The number of hydrogen-bond donors (Lipinski definition) is 1. The van der Waals surface area contributed by atoms with Gasteiger partial charge in [-0.3, -0.25) is 4.79 Å². The summed E-state index contributed by atoms with van der Waals surface area (Å²) in [5, 5.41) is 3.06. The average molecular weight is 279 g/mol. The second kappa shape index (κ2) is 9.34. The Bertz CT molecular complexity index is 384. The van der Waals surface area contributed by atoms with Gasteiger partial charge in [0.15, 0.2) is 0 Å². The summed E-state index contributed by atoms with van der Waals surface area (Å²) in [4.78, 5) is 15.7. The summed E-state index contributed by atoms with van der Waals surface area (Å²) >= 11 is 0. The number of hydrogen-bond acceptors (Lipinski definition) is 4. The number of benzene rings is 1. The molecule has 0 aliphatic heterocycles. The van der Waals surface area contributed by atoms with Gasteiger partial charge in [0.05, 0.1) is 13.2 Å². The van der Waals surface area contributed by atoms with E-state index in [-0.39, 0.29) is 5.91 Å². The zero-order chi connectivity index (χ0) is 14.8. The van der Waals surface area contributed by atoms with E-state index in [9.17, 15) is 4.79 Å². The van der Waals surface area contributed by atoms with Crippen LogP contribution in [-0.2, 0) is 9.53 Å². The minimum Gasteiger partial charge on any atom is -0.383 e. The first-order chi connectivity index (χ1) is 9.65. The normalized spacial score (nSPS) is 10.3. The Morgan fingerprint density at radius 1 is 1.20 bits per heavy atom. The van der Waals surface area contributed by atoms with Gasteiger partial charge in [0, 0.05) is 46.5 Å². The summed E-state index contributed by atoms with van der Waals surface area (Å²) < 4.78 is 4.92. The van der Waals surface area contributed by atoms with Crippen molar-refractivity contribution < 1.29 is 9.53 Å². The number of anilines is 1. The van der Waals surface area contributed by atoms with Gasteiger partial charge >= 0.3 is 0 Å². The maximum Gasteiger partial charge on any atom is 0.236 e. The quantitative estimate of drug-likeness (QED) is 0.680. The zero-order valence-electron chi connectivity index (χ0n) is 12.6. The van der Waals surface area contributed by atoms with E-state index in [0.29, 0.717) is 26.2 Å². The number of methoxy groups -OCH3 is 1. The largest absolute Gasteiger partial charge is 0.383 e. The van der Waals surface area contributed by atoms with Crippen molar-refractivity contribution in [3.8, 4) is 0 Å². The molecule has 0 atom stereocenters. The molecule has 1 rings (SSSR count). The third-order valence-corrected chi connectivity index (χ3v) is 3.15. The van der Waals surface area contributed by atoms with Crippen LogP contribution in [0.4, 0.5) is 5.69 Å². The molecular weight excluding hydrogens is 254 g/mol. The molecule has 0 unspecified atom stereocenters. The number of carbonyl (C=O) groups excluding carboxylic acids is 1. The topological polar surface area (TPSA) is 44.8 Å². The fraction of sp³-hybridized carbons (Fsp3) is 0.533. The molecule has 0 saturated heterocycles. The third kappa shape index (κ3) is 6.04. The van der Waals surface area contributed by atoms with Gasteiger partial charge in [0.2, 0.25) is 5.91 Å². The number of rotatable bonds is 9. The molecule has 1 aromatic rings. The molecule has 0 heterocycles. The molecule has 0 aromatic heterocycles. The molecule has 5 nitrogen and oxygen atoms in total. The van der Waals surface area contributed by atoms with Crippen LogP contribution in [0.3, 0.4) is 0 Å². The summed E-state index contributed by atoms with van der Waals surface area (Å²) in [6, 6.07) is 10.2. The Balaban J connectivity index is 2.25. The Morgan fingerprint density at radius 2 is 1.90 bits per heavy atom. The van der Waals surface area contributed by atoms with Crippen LogP contribution in [-0.4, -0.2) is 64.8 Å². The van der Waals surface area contributed by atoms with E-state index in [1.807, 2.05) is 32.3 Å². The number of para-hydroxylation sites is 1. The number of nitrogens with zero attached hydrogens (tertiary/aromatic N) is 2. The monoisotopic (exact) mass is 279 g/mol. The van der Waals surface area contributed by atoms with Crippen LogP contribution in [0.15, 0.2) is 30.3 Å². The lowest BCUT2D eigenvalue weighted by atomic mass is 10.3. The molecule has 0 radical (unpaired) electrons. The van der Waals surface area contributed by atoms with E-state index < -0.39 is 0 Å². The Labute approximate surface area is 121 Å². The second-order valence-corrected chi connectivity index (χ2v) is 4.74. The first-order valence-corrected chi connectivity index (χ1v) is 6.85. The Kier molecular flexibility index (Phi) is 7.69. The molecule has 5 heteroatoms. The van der Waals surface area contributed by atoms with Gasteiger partial charge in [-0.2, -0.15) is 0 Å². The van der Waals surface area contributed by atoms with Gasteiger partial charge in [0.25, 0.3) is 0 Å². The van der Waals surface area contributed by atoms with Gasteiger partial charge in [-0.05, 0) is 12.1 Å². The van der Waals surface area contributed by atoms with Gasteiger partial charge in [0.1, 0.15) is 0 Å². The van der Waals surface area contributed by atoms with Crippen LogP contribution in [0.5, 0.6) is 0 Å². The van der Waals surface area contributed by atoms with Crippen molar-refractivity contribution in [1.82, 2.24) is 10.2 Å². The van der Waals surface area contributed by atoms with Crippen LogP contribution in [0.2, 0.25) is 0 Å². The number of carbonyl (C=O) groups is 1. The lowest BCUT2D eigenvalue weighted by Gasteiger charge is -2.24. The Hall–Kier alpha value is -1.59. The van der Waals surface area contributed by atoms with E-state index in [0.717, 1.165) is 12.2 Å². The first kappa shape index (κ1) is 16.5. The predicted molar refractivity (Wildman–Crippen MR) is 82.1 cm³/mol. The minimum absolute atomic E-state index is 0.0996. The molecular formula is C15H25N3O2. The van der Waals surface area contributed by atoms with E-state index in [1.165, 1.54) is 0 Å². The summed E-state index contributed by atoms with van der Waals surface area (Å²) in [6.07, 6.45) is 0. The van der Waals surface area contributed by atoms with Crippen molar-refractivity contribution in [1.29, 1.82) is 0 Å². The molecule has 0 fully saturated rings. The molecule has 0 aliphatic rings. The lowest BCUT2D eigenvalue weighted by Crippen LogP contribution is -2.40. The average Bonchev–Trinajstić information content (AvgIpc) is 2.49. The minimum atomic E-state index is 0.0996. The summed E-state index contributed by atoms with van der Waals surface area (Å²) in [5.74, 6) is 0.0996.